The van der Waals surface area contributed by atoms with E-state index in [0.29, 0.717) is 0 Å². The molecule has 2 N–H and O–H groups in total. The Morgan fingerprint density at radius 3 is 2.19 bits per heavy atom. The summed E-state index contributed by atoms with van der Waals surface area (Å²) in [5.41, 5.74) is 4.41. The van der Waals surface area contributed by atoms with Gasteiger partial charge in [0.1, 0.15) is 12.6 Å². The molecule has 3 rings (SSSR count). The van der Waals surface area contributed by atoms with E-state index in [1.165, 1.54) is 6.26 Å². The zero-order chi connectivity index (χ0) is 19.4. The predicted molar refractivity (Wildman–Crippen MR) is 103 cm³/mol. The standard InChI is InChI=1S/C20H21NO5S/c1-27(25)11-10-18(19(22)23)21-20(24)26-12-17-15-8-4-2-6-13(15)14-7-3-5-9-16(14)17/h2-9,17-18H,10-12H2,1H3,(H,21,24)(H,22,23)/t18-,27+/m0/s1. The lowest BCUT2D eigenvalue weighted by atomic mass is 9.98. The fraction of sp³-hybridized carbons (Fsp3) is 0.300. The highest BCUT2D eigenvalue weighted by Gasteiger charge is 2.29. The van der Waals surface area contributed by atoms with Crippen molar-refractivity contribution in [1.29, 1.82) is 0 Å². The van der Waals surface area contributed by atoms with Crippen LogP contribution in [-0.4, -0.2) is 46.0 Å². The van der Waals surface area contributed by atoms with Crippen LogP contribution in [0.4, 0.5) is 4.79 Å². The average Bonchev–Trinajstić information content (AvgIpc) is 2.97. The minimum Gasteiger partial charge on any atom is -0.480 e. The molecule has 1 aliphatic carbocycles. The largest absolute Gasteiger partial charge is 0.480 e. The van der Waals surface area contributed by atoms with Gasteiger partial charge < -0.3 is 15.2 Å². The number of nitrogens with one attached hydrogen (secondary N) is 1. The molecule has 2 aromatic carbocycles. The second-order valence-corrected chi connectivity index (χ2v) is 7.98. The lowest BCUT2D eigenvalue weighted by Crippen LogP contribution is -2.42. The number of fused-ring (bicyclic) bond motifs is 3. The van der Waals surface area contributed by atoms with E-state index >= 15 is 0 Å². The van der Waals surface area contributed by atoms with E-state index in [4.69, 9.17) is 4.74 Å². The first-order chi connectivity index (χ1) is 13.0. The van der Waals surface area contributed by atoms with Crippen molar-refractivity contribution in [3.63, 3.8) is 0 Å². The number of hydrogen-bond acceptors (Lipinski definition) is 4. The third-order valence-electron chi connectivity index (χ3n) is 4.63. The molecule has 0 heterocycles. The molecule has 142 valence electrons. The monoisotopic (exact) mass is 387 g/mol. The van der Waals surface area contributed by atoms with Crippen LogP contribution >= 0.6 is 0 Å². The zero-order valence-corrected chi connectivity index (χ0v) is 15.7. The molecule has 0 aromatic heterocycles. The first-order valence-electron chi connectivity index (χ1n) is 8.61. The number of hydrogen-bond donors (Lipinski definition) is 2. The van der Waals surface area contributed by atoms with E-state index in [1.54, 1.807) is 0 Å². The zero-order valence-electron chi connectivity index (χ0n) is 14.9. The summed E-state index contributed by atoms with van der Waals surface area (Å²) in [6.45, 7) is 0.117. The Bertz CT molecular complexity index is 837. The molecule has 0 spiro atoms. The Kier molecular flexibility index (Phi) is 5.91. The number of benzene rings is 2. The molecule has 0 bridgehead atoms. The van der Waals surface area contributed by atoms with Gasteiger partial charge in [0.25, 0.3) is 0 Å². The van der Waals surface area contributed by atoms with Crippen molar-refractivity contribution < 1.29 is 23.6 Å². The van der Waals surface area contributed by atoms with Gasteiger partial charge in [-0.3, -0.25) is 4.21 Å². The number of carbonyl (C=O) groups is 2. The van der Waals surface area contributed by atoms with Crippen LogP contribution in [0.5, 0.6) is 0 Å². The minimum absolute atomic E-state index is 0.0860. The second-order valence-electron chi connectivity index (χ2n) is 6.43. The number of alkyl carbamates (subject to hydrolysis) is 1. The highest BCUT2D eigenvalue weighted by molar-refractivity contribution is 7.84. The van der Waals surface area contributed by atoms with Gasteiger partial charge in [-0.1, -0.05) is 48.5 Å². The Labute approximate surface area is 160 Å². The van der Waals surface area contributed by atoms with Crippen molar-refractivity contribution in [2.45, 2.75) is 18.4 Å². The molecule has 0 saturated carbocycles. The van der Waals surface area contributed by atoms with Crippen LogP contribution in [0.3, 0.4) is 0 Å². The highest BCUT2D eigenvalue weighted by atomic mass is 32.2. The molecular formula is C20H21NO5S. The fourth-order valence-electron chi connectivity index (χ4n) is 3.32. The minimum atomic E-state index is -1.17. The van der Waals surface area contributed by atoms with E-state index in [0.717, 1.165) is 22.3 Å². The van der Waals surface area contributed by atoms with Crippen LogP contribution in [-0.2, 0) is 20.3 Å². The van der Waals surface area contributed by atoms with Crippen molar-refractivity contribution in [1.82, 2.24) is 5.32 Å². The van der Waals surface area contributed by atoms with Gasteiger partial charge in [-0.15, -0.1) is 0 Å². The normalized spacial score (nSPS) is 14.7. The molecule has 2 aromatic rings. The van der Waals surface area contributed by atoms with Crippen LogP contribution in [0.15, 0.2) is 48.5 Å². The van der Waals surface area contributed by atoms with E-state index in [1.807, 2.05) is 48.5 Å². The summed E-state index contributed by atoms with van der Waals surface area (Å²) in [4.78, 5) is 23.4. The van der Waals surface area contributed by atoms with Crippen molar-refractivity contribution in [2.75, 3.05) is 18.6 Å². The third-order valence-corrected chi connectivity index (χ3v) is 5.44. The first-order valence-corrected chi connectivity index (χ1v) is 10.3. The van der Waals surface area contributed by atoms with E-state index < -0.39 is 28.9 Å². The molecular weight excluding hydrogens is 366 g/mol. The summed E-state index contributed by atoms with van der Waals surface area (Å²) >= 11 is 0. The number of aliphatic carboxylic acids is 1. The molecule has 6 nitrogen and oxygen atoms in total. The number of carbonyl (C=O) groups excluding carboxylic acids is 1. The Hall–Kier alpha value is -2.67. The second kappa shape index (κ2) is 8.35. The van der Waals surface area contributed by atoms with E-state index in [-0.39, 0.29) is 24.7 Å². The molecule has 0 unspecified atom stereocenters. The predicted octanol–water partition coefficient (Wildman–Crippen LogP) is 2.75. The number of ether oxygens (including phenoxy) is 1. The van der Waals surface area contributed by atoms with Gasteiger partial charge in [0, 0.05) is 28.7 Å². The van der Waals surface area contributed by atoms with Gasteiger partial charge >= 0.3 is 12.1 Å². The smallest absolute Gasteiger partial charge is 0.407 e. The molecule has 1 aliphatic rings. The van der Waals surface area contributed by atoms with Crippen molar-refractivity contribution in [3.8, 4) is 11.1 Å². The maximum Gasteiger partial charge on any atom is 0.407 e. The summed E-state index contributed by atoms with van der Waals surface area (Å²) in [7, 11) is -1.13. The first kappa shape index (κ1) is 19.1. The number of carboxylic acid groups (broad SMARTS) is 1. The lowest BCUT2D eigenvalue weighted by molar-refractivity contribution is -0.139. The molecule has 7 heteroatoms. The van der Waals surface area contributed by atoms with Crippen LogP contribution in [0, 0.1) is 0 Å². The van der Waals surface area contributed by atoms with Gasteiger partial charge in [0.2, 0.25) is 0 Å². The summed E-state index contributed by atoms with van der Waals surface area (Å²) in [6.07, 6.45) is 0.792. The van der Waals surface area contributed by atoms with Crippen LogP contribution < -0.4 is 5.32 Å². The van der Waals surface area contributed by atoms with E-state index in [2.05, 4.69) is 5.32 Å². The van der Waals surface area contributed by atoms with Gasteiger partial charge in [-0.2, -0.15) is 0 Å². The highest BCUT2D eigenvalue weighted by Crippen LogP contribution is 2.44. The third kappa shape index (κ3) is 4.36. The van der Waals surface area contributed by atoms with Crippen molar-refractivity contribution in [2.24, 2.45) is 0 Å². The van der Waals surface area contributed by atoms with Crippen LogP contribution in [0.25, 0.3) is 11.1 Å². The van der Waals surface area contributed by atoms with Gasteiger partial charge in [0.05, 0.1) is 0 Å². The molecule has 0 fully saturated rings. The number of rotatable bonds is 7. The molecule has 0 radical (unpaired) electrons. The van der Waals surface area contributed by atoms with Gasteiger partial charge in [-0.25, -0.2) is 9.59 Å². The van der Waals surface area contributed by atoms with Crippen LogP contribution in [0.1, 0.15) is 23.5 Å². The van der Waals surface area contributed by atoms with E-state index in [9.17, 15) is 18.9 Å². The summed E-state index contributed by atoms with van der Waals surface area (Å²) in [5.74, 6) is -1.07. The maximum absolute atomic E-state index is 12.1. The SMILES string of the molecule is C[S@@](=O)CC[C@H](NC(=O)OCC1c2ccccc2-c2ccccc21)C(=O)O. The maximum atomic E-state index is 12.1. The summed E-state index contributed by atoms with van der Waals surface area (Å²) in [6, 6.07) is 14.8. The molecule has 27 heavy (non-hydrogen) atoms. The molecule has 0 saturated heterocycles. The molecule has 2 atom stereocenters. The van der Waals surface area contributed by atoms with Gasteiger partial charge in [-0.05, 0) is 28.7 Å². The van der Waals surface area contributed by atoms with Crippen molar-refractivity contribution in [3.05, 3.63) is 59.7 Å². The molecule has 0 aliphatic heterocycles. The van der Waals surface area contributed by atoms with Crippen LogP contribution in [0.2, 0.25) is 0 Å². The fourth-order valence-corrected chi connectivity index (χ4v) is 3.89. The summed E-state index contributed by atoms with van der Waals surface area (Å²) in [5, 5.41) is 11.6. The van der Waals surface area contributed by atoms with Gasteiger partial charge in [0.15, 0.2) is 0 Å². The summed E-state index contributed by atoms with van der Waals surface area (Å²) < 4.78 is 16.5. The Balaban J connectivity index is 1.67. The topological polar surface area (TPSA) is 92.7 Å². The lowest BCUT2D eigenvalue weighted by Gasteiger charge is -2.17. The average molecular weight is 387 g/mol. The molecule has 1 amide bonds. The number of amides is 1. The Morgan fingerprint density at radius 2 is 1.67 bits per heavy atom. The quantitative estimate of drug-likeness (QED) is 0.762. The Morgan fingerprint density at radius 1 is 1.11 bits per heavy atom. The van der Waals surface area contributed by atoms with Crippen molar-refractivity contribution >= 4 is 22.9 Å². The number of carboxylic acids is 1.